The fourth-order valence-corrected chi connectivity index (χ4v) is 2.49. The van der Waals surface area contributed by atoms with E-state index in [0.29, 0.717) is 12.0 Å². The van der Waals surface area contributed by atoms with Gasteiger partial charge in [-0.15, -0.1) is 24.3 Å². The number of imide groups is 1. The van der Waals surface area contributed by atoms with Crippen LogP contribution in [0.1, 0.15) is 40.5 Å². The smallest absolute Gasteiger partial charge is 0.248 e. The van der Waals surface area contributed by atoms with Gasteiger partial charge in [-0.1, -0.05) is 33.3 Å². The molecule has 0 bridgehead atoms. The topological polar surface area (TPSA) is 81.8 Å². The maximum Gasteiger partial charge on any atom is 0.248 e. The number of hydrogen-bond acceptors (Lipinski definition) is 5. The summed E-state index contributed by atoms with van der Waals surface area (Å²) in [4.78, 5) is 39.1. The molecule has 8 heteroatoms. The van der Waals surface area contributed by atoms with Gasteiger partial charge in [-0.2, -0.15) is 6.08 Å². The molecule has 0 aromatic rings. The number of allylic oxidation sites excluding steroid dienone is 4. The van der Waals surface area contributed by atoms with E-state index in [1.807, 2.05) is 26.8 Å². The van der Waals surface area contributed by atoms with Crippen molar-refractivity contribution in [2.24, 2.45) is 0 Å². The summed E-state index contributed by atoms with van der Waals surface area (Å²) in [7, 11) is 4.35. The average molecular weight is 589 g/mol. The van der Waals surface area contributed by atoms with Crippen molar-refractivity contribution in [3.8, 4) is 0 Å². The fraction of sp³-hybridized carbons (Fsp3) is 0.591. The van der Waals surface area contributed by atoms with Crippen LogP contribution in [0.2, 0.25) is 0 Å². The van der Waals surface area contributed by atoms with Crippen LogP contribution in [0.4, 0.5) is 0 Å². The van der Waals surface area contributed by atoms with Crippen LogP contribution < -0.4 is 10.6 Å². The SMILES string of the molecule is CC.CN1CCN(C)CC1.C\C=C/C=[C-]\C(=C/C)C(=O)NC1CCC(=O)NC1=O.[W]. The second-order valence-electron chi connectivity index (χ2n) is 6.62. The maximum absolute atomic E-state index is 11.9. The molecule has 170 valence electrons. The molecule has 2 heterocycles. The number of carbonyl (C=O) groups excluding carboxylic acids is 3. The molecule has 2 N–H and O–H groups in total. The van der Waals surface area contributed by atoms with E-state index in [4.69, 9.17) is 0 Å². The van der Waals surface area contributed by atoms with Crippen molar-refractivity contribution in [1.29, 1.82) is 0 Å². The molecular weight excluding hydrogens is 552 g/mol. The Morgan fingerprint density at radius 3 is 2.07 bits per heavy atom. The van der Waals surface area contributed by atoms with Crippen molar-refractivity contribution < 1.29 is 35.4 Å². The van der Waals surface area contributed by atoms with Gasteiger partial charge in [0.1, 0.15) is 6.04 Å². The first-order chi connectivity index (χ1) is 13.9. The standard InChI is InChI=1S/C14H17N2O3.C6H14N2.C2H6.W/c1-3-5-6-7-10(4-2)13(18)15-11-8-9-12(17)16-14(11)19;1-7-3-5-8(2)6-4-7;1-2;/h3-6,11H,8-9H2,1-2H3,(H,15,18)(H,16,17,19);3-6H2,1-2H3;1-2H3;/q-1;;;/b5-3-,10-4+;;;. The van der Waals surface area contributed by atoms with Gasteiger partial charge >= 0.3 is 0 Å². The first-order valence-corrected chi connectivity index (χ1v) is 10.3. The van der Waals surface area contributed by atoms with Crippen LogP contribution in [0.3, 0.4) is 0 Å². The van der Waals surface area contributed by atoms with E-state index in [1.54, 1.807) is 25.2 Å². The number of nitrogens with zero attached hydrogens (tertiary/aromatic N) is 2. The minimum absolute atomic E-state index is 0. The summed E-state index contributed by atoms with van der Waals surface area (Å²) in [5, 5.41) is 4.78. The zero-order valence-corrected chi connectivity index (χ0v) is 22.1. The molecule has 0 spiro atoms. The van der Waals surface area contributed by atoms with Crippen molar-refractivity contribution in [2.45, 2.75) is 46.6 Å². The molecule has 0 aromatic carbocycles. The predicted molar refractivity (Wildman–Crippen MR) is 117 cm³/mol. The molecule has 0 saturated carbocycles. The Morgan fingerprint density at radius 2 is 1.63 bits per heavy atom. The molecule has 1 unspecified atom stereocenters. The normalized spacial score (nSPS) is 20.5. The zero-order valence-electron chi connectivity index (χ0n) is 19.2. The predicted octanol–water partition coefficient (Wildman–Crippen LogP) is 1.68. The van der Waals surface area contributed by atoms with Crippen LogP contribution in [0, 0.1) is 6.08 Å². The summed E-state index contributed by atoms with van der Waals surface area (Å²) in [5.74, 6) is -1.14. The van der Waals surface area contributed by atoms with Crippen LogP contribution in [-0.4, -0.2) is 73.8 Å². The Morgan fingerprint density at radius 1 is 1.10 bits per heavy atom. The first-order valence-electron chi connectivity index (χ1n) is 10.3. The Bertz CT molecular complexity index is 600. The third kappa shape index (κ3) is 12.9. The second kappa shape index (κ2) is 18.2. The van der Waals surface area contributed by atoms with Gasteiger partial charge in [0, 0.05) is 53.7 Å². The van der Waals surface area contributed by atoms with Gasteiger partial charge in [0.15, 0.2) is 5.91 Å². The molecule has 2 saturated heterocycles. The van der Waals surface area contributed by atoms with Crippen LogP contribution in [-0.2, 0) is 35.4 Å². The Balaban J connectivity index is 0. The van der Waals surface area contributed by atoms with Crippen LogP contribution in [0.25, 0.3) is 0 Å². The van der Waals surface area contributed by atoms with Crippen LogP contribution in [0.15, 0.2) is 29.9 Å². The fourth-order valence-electron chi connectivity index (χ4n) is 2.49. The van der Waals surface area contributed by atoms with E-state index in [9.17, 15) is 14.4 Å². The minimum Gasteiger partial charge on any atom is -0.381 e. The number of piperazine rings is 1. The molecular formula is C22H37N4O3W-. The second-order valence-corrected chi connectivity index (χ2v) is 6.62. The molecule has 3 amide bonds. The van der Waals surface area contributed by atoms with E-state index >= 15 is 0 Å². The largest absolute Gasteiger partial charge is 0.381 e. The number of nitrogens with one attached hydrogen (secondary N) is 2. The summed E-state index contributed by atoms with van der Waals surface area (Å²) < 4.78 is 0. The van der Waals surface area contributed by atoms with Gasteiger partial charge in [0.25, 0.3) is 0 Å². The average Bonchev–Trinajstić information content (AvgIpc) is 2.71. The molecule has 2 fully saturated rings. The molecule has 0 radical (unpaired) electrons. The number of rotatable bonds is 4. The van der Waals surface area contributed by atoms with Crippen molar-refractivity contribution in [2.75, 3.05) is 40.3 Å². The van der Waals surface area contributed by atoms with E-state index < -0.39 is 11.9 Å². The Labute approximate surface area is 196 Å². The number of amides is 3. The number of hydrogen-bond donors (Lipinski definition) is 2. The van der Waals surface area contributed by atoms with Gasteiger partial charge in [0.05, 0.1) is 0 Å². The molecule has 2 aliphatic rings. The van der Waals surface area contributed by atoms with Crippen molar-refractivity contribution in [1.82, 2.24) is 20.4 Å². The number of likely N-dealkylation sites (N-methyl/N-ethyl adjacent to an activating group) is 2. The maximum atomic E-state index is 11.9. The zero-order chi connectivity index (χ0) is 22.2. The Hall–Kier alpha value is -1.56. The summed E-state index contributed by atoms with van der Waals surface area (Å²) >= 11 is 0. The summed E-state index contributed by atoms with van der Waals surface area (Å²) in [6.07, 6.45) is 10.2. The van der Waals surface area contributed by atoms with Gasteiger partial charge in [-0.25, -0.2) is 0 Å². The number of piperidine rings is 1. The minimum atomic E-state index is -0.663. The summed E-state index contributed by atoms with van der Waals surface area (Å²) in [6, 6.07) is -0.663. The van der Waals surface area contributed by atoms with Gasteiger partial charge < -0.3 is 19.9 Å². The van der Waals surface area contributed by atoms with Crippen molar-refractivity contribution in [3.05, 3.63) is 36.0 Å². The van der Waals surface area contributed by atoms with Gasteiger partial charge in [-0.3, -0.25) is 14.9 Å². The summed E-state index contributed by atoms with van der Waals surface area (Å²) in [5.41, 5.74) is 0.350. The van der Waals surface area contributed by atoms with E-state index in [-0.39, 0.29) is 39.3 Å². The quantitative estimate of drug-likeness (QED) is 0.226. The molecule has 1 atom stereocenters. The van der Waals surface area contributed by atoms with E-state index in [2.05, 4.69) is 40.6 Å². The molecule has 7 nitrogen and oxygen atoms in total. The molecule has 2 rings (SSSR count). The molecule has 0 aliphatic carbocycles. The monoisotopic (exact) mass is 589 g/mol. The molecule has 30 heavy (non-hydrogen) atoms. The van der Waals surface area contributed by atoms with Gasteiger partial charge in [0.2, 0.25) is 11.8 Å². The van der Waals surface area contributed by atoms with Crippen molar-refractivity contribution >= 4 is 17.7 Å². The third-order valence-corrected chi connectivity index (χ3v) is 4.33. The first kappa shape index (κ1) is 30.6. The Kier molecular flexibility index (Phi) is 18.6. The molecule has 0 aromatic heterocycles. The third-order valence-electron chi connectivity index (χ3n) is 4.33. The van der Waals surface area contributed by atoms with E-state index in [1.165, 1.54) is 26.2 Å². The molecule has 2 aliphatic heterocycles. The van der Waals surface area contributed by atoms with Crippen LogP contribution >= 0.6 is 0 Å². The summed E-state index contributed by atoms with van der Waals surface area (Å²) in [6.45, 7) is 12.5. The van der Waals surface area contributed by atoms with Crippen LogP contribution in [0.5, 0.6) is 0 Å². The van der Waals surface area contributed by atoms with Crippen molar-refractivity contribution in [3.63, 3.8) is 0 Å². The number of carbonyl (C=O) groups is 3. The van der Waals surface area contributed by atoms with Gasteiger partial charge in [-0.05, 0) is 20.5 Å². The van der Waals surface area contributed by atoms with E-state index in [0.717, 1.165) is 0 Å².